The van der Waals surface area contributed by atoms with Crippen molar-refractivity contribution >= 4 is 34.2 Å². The second-order valence-corrected chi connectivity index (χ2v) is 7.02. The van der Waals surface area contributed by atoms with Gasteiger partial charge in [-0.15, -0.1) is 11.3 Å². The van der Waals surface area contributed by atoms with Crippen LogP contribution in [0.25, 0.3) is 0 Å². The minimum absolute atomic E-state index is 0.216. The summed E-state index contributed by atoms with van der Waals surface area (Å²) in [6.07, 6.45) is 2.67. The lowest BCUT2D eigenvalue weighted by Crippen LogP contribution is -2.23. The molecule has 0 fully saturated rings. The molecule has 8 heteroatoms. The van der Waals surface area contributed by atoms with Gasteiger partial charge in [-0.1, -0.05) is 6.92 Å². The molecule has 1 aromatic rings. The first-order valence-corrected chi connectivity index (χ1v) is 9.03. The molecule has 25 heavy (non-hydrogen) atoms. The van der Waals surface area contributed by atoms with Gasteiger partial charge in [0, 0.05) is 12.0 Å². The van der Waals surface area contributed by atoms with E-state index in [9.17, 15) is 14.4 Å². The van der Waals surface area contributed by atoms with Crippen molar-refractivity contribution in [1.29, 1.82) is 0 Å². The first-order chi connectivity index (χ1) is 12.0. The number of carbonyl (C=O) groups excluding carboxylic acids is 3. The molecule has 0 saturated heterocycles. The van der Waals surface area contributed by atoms with Crippen molar-refractivity contribution < 1.29 is 28.6 Å². The van der Waals surface area contributed by atoms with E-state index in [2.05, 4.69) is 17.0 Å². The number of ether oxygens (including phenoxy) is 3. The molecule has 0 radical (unpaired) electrons. The number of carbonyl (C=O) groups is 3. The average molecular weight is 369 g/mol. The Morgan fingerprint density at radius 3 is 2.68 bits per heavy atom. The molecular formula is C17H23NO6S. The Morgan fingerprint density at radius 2 is 2.00 bits per heavy atom. The van der Waals surface area contributed by atoms with Crippen molar-refractivity contribution in [3.8, 4) is 0 Å². The van der Waals surface area contributed by atoms with Crippen LogP contribution in [0.4, 0.5) is 5.00 Å². The molecule has 1 heterocycles. The fourth-order valence-electron chi connectivity index (χ4n) is 2.73. The predicted octanol–water partition coefficient (Wildman–Crippen LogP) is 2.18. The molecule has 7 nitrogen and oxygen atoms in total. The molecule has 0 bridgehead atoms. The van der Waals surface area contributed by atoms with Gasteiger partial charge in [-0.2, -0.15) is 0 Å². The van der Waals surface area contributed by atoms with Gasteiger partial charge in [0.05, 0.1) is 12.2 Å². The van der Waals surface area contributed by atoms with Crippen LogP contribution >= 0.6 is 11.3 Å². The van der Waals surface area contributed by atoms with Gasteiger partial charge in [0.15, 0.2) is 6.61 Å². The third-order valence-electron chi connectivity index (χ3n) is 3.87. The summed E-state index contributed by atoms with van der Waals surface area (Å²) in [4.78, 5) is 36.8. The first kappa shape index (κ1) is 19.4. The Bertz CT molecular complexity index is 654. The van der Waals surface area contributed by atoms with Crippen LogP contribution in [0.2, 0.25) is 0 Å². The minimum atomic E-state index is -0.623. The van der Waals surface area contributed by atoms with Crippen LogP contribution in [0.3, 0.4) is 0 Å². The van der Waals surface area contributed by atoms with Gasteiger partial charge in [-0.3, -0.25) is 4.79 Å². The Kier molecular flexibility index (Phi) is 6.95. The highest BCUT2D eigenvalue weighted by Crippen LogP contribution is 2.40. The van der Waals surface area contributed by atoms with Crippen LogP contribution in [0.15, 0.2) is 0 Å². The van der Waals surface area contributed by atoms with Crippen molar-refractivity contribution in [3.63, 3.8) is 0 Å². The van der Waals surface area contributed by atoms with Gasteiger partial charge >= 0.3 is 11.9 Å². The number of fused-ring (bicyclic) bond motifs is 1. The minimum Gasteiger partial charge on any atom is -0.462 e. The largest absolute Gasteiger partial charge is 0.462 e. The molecule has 138 valence electrons. The van der Waals surface area contributed by atoms with E-state index in [1.165, 1.54) is 18.4 Å². The average Bonchev–Trinajstić information content (AvgIpc) is 2.90. The standard InChI is InChI=1S/C17H23NO6S/c1-4-23-17(21)15-11-6-5-10(2)7-12(11)25-16(15)18-13(19)8-24-14(20)9-22-3/h10H,4-9H2,1-3H3,(H,18,19). The van der Waals surface area contributed by atoms with Crippen LogP contribution in [0.1, 0.15) is 41.1 Å². The summed E-state index contributed by atoms with van der Waals surface area (Å²) in [6, 6.07) is 0. The second-order valence-electron chi connectivity index (χ2n) is 5.92. The topological polar surface area (TPSA) is 90.9 Å². The third kappa shape index (κ3) is 5.02. The van der Waals surface area contributed by atoms with Crippen LogP contribution in [-0.4, -0.2) is 44.8 Å². The fraction of sp³-hybridized carbons (Fsp3) is 0.588. The predicted molar refractivity (Wildman–Crippen MR) is 92.9 cm³/mol. The molecule has 0 spiro atoms. The Labute approximate surface area is 150 Å². The maximum Gasteiger partial charge on any atom is 0.341 e. The van der Waals surface area contributed by atoms with E-state index in [1.54, 1.807) is 6.92 Å². The molecule has 1 aliphatic rings. The number of esters is 2. The highest BCUT2D eigenvalue weighted by molar-refractivity contribution is 7.17. The number of hydrogen-bond donors (Lipinski definition) is 1. The van der Waals surface area contributed by atoms with Gasteiger partial charge in [-0.25, -0.2) is 9.59 Å². The summed E-state index contributed by atoms with van der Waals surface area (Å²) in [5, 5.41) is 3.14. The number of hydrogen-bond acceptors (Lipinski definition) is 7. The van der Waals surface area contributed by atoms with E-state index >= 15 is 0 Å². The van der Waals surface area contributed by atoms with Gasteiger partial charge in [0.25, 0.3) is 5.91 Å². The van der Waals surface area contributed by atoms with Gasteiger partial charge < -0.3 is 19.5 Å². The first-order valence-electron chi connectivity index (χ1n) is 8.22. The number of rotatable bonds is 7. The van der Waals surface area contributed by atoms with Crippen LogP contribution in [0, 0.1) is 5.92 Å². The summed E-state index contributed by atoms with van der Waals surface area (Å²) in [5.74, 6) is -1.01. The lowest BCUT2D eigenvalue weighted by atomic mass is 9.88. The van der Waals surface area contributed by atoms with E-state index < -0.39 is 24.5 Å². The van der Waals surface area contributed by atoms with Gasteiger partial charge in [0.2, 0.25) is 0 Å². The molecule has 1 aromatic heterocycles. The van der Waals surface area contributed by atoms with Crippen molar-refractivity contribution in [3.05, 3.63) is 16.0 Å². The number of amides is 1. The summed E-state index contributed by atoms with van der Waals surface area (Å²) in [6.45, 7) is 3.53. The molecule has 0 saturated carbocycles. The van der Waals surface area contributed by atoms with E-state index in [-0.39, 0.29) is 13.2 Å². The molecule has 0 aromatic carbocycles. The smallest absolute Gasteiger partial charge is 0.341 e. The molecule has 1 unspecified atom stereocenters. The van der Waals surface area contributed by atoms with Gasteiger partial charge in [-0.05, 0) is 37.7 Å². The third-order valence-corrected chi connectivity index (χ3v) is 5.04. The maximum atomic E-state index is 12.3. The monoisotopic (exact) mass is 369 g/mol. The van der Waals surface area contributed by atoms with E-state index in [4.69, 9.17) is 9.47 Å². The highest BCUT2D eigenvalue weighted by atomic mass is 32.1. The SMILES string of the molecule is CCOC(=O)c1c(NC(=O)COC(=O)COC)sc2c1CCC(C)C2. The van der Waals surface area contributed by atoms with Gasteiger partial charge in [0.1, 0.15) is 11.6 Å². The Hall–Kier alpha value is -1.93. The fourth-order valence-corrected chi connectivity index (χ4v) is 4.14. The molecule has 2 rings (SSSR count). The van der Waals surface area contributed by atoms with Crippen molar-refractivity contribution in [2.45, 2.75) is 33.1 Å². The quantitative estimate of drug-likeness (QED) is 0.741. The Morgan fingerprint density at radius 1 is 1.24 bits per heavy atom. The lowest BCUT2D eigenvalue weighted by molar-refractivity contribution is -0.150. The maximum absolute atomic E-state index is 12.3. The Balaban J connectivity index is 2.14. The zero-order valence-electron chi connectivity index (χ0n) is 14.7. The van der Waals surface area contributed by atoms with Crippen molar-refractivity contribution in [1.82, 2.24) is 0 Å². The number of anilines is 1. The second kappa shape index (κ2) is 8.96. The molecule has 1 N–H and O–H groups in total. The van der Waals surface area contributed by atoms with Crippen molar-refractivity contribution in [2.75, 3.05) is 32.2 Å². The van der Waals surface area contributed by atoms with E-state index in [1.807, 2.05) is 0 Å². The molecule has 1 aliphatic carbocycles. The molecular weight excluding hydrogens is 346 g/mol. The molecule has 0 aliphatic heterocycles. The zero-order chi connectivity index (χ0) is 18.4. The summed E-state index contributed by atoms with van der Waals surface area (Å²) in [5.41, 5.74) is 1.40. The molecule has 1 atom stereocenters. The van der Waals surface area contributed by atoms with E-state index in [0.717, 1.165) is 29.7 Å². The van der Waals surface area contributed by atoms with Crippen LogP contribution < -0.4 is 5.32 Å². The zero-order valence-corrected chi connectivity index (χ0v) is 15.5. The van der Waals surface area contributed by atoms with Crippen LogP contribution in [0.5, 0.6) is 0 Å². The number of thiophene rings is 1. The normalized spacial score (nSPS) is 16.0. The summed E-state index contributed by atoms with van der Waals surface area (Å²) >= 11 is 1.39. The lowest BCUT2D eigenvalue weighted by Gasteiger charge is -2.18. The number of nitrogens with one attached hydrogen (secondary N) is 1. The summed E-state index contributed by atoms with van der Waals surface area (Å²) in [7, 11) is 1.37. The summed E-state index contributed by atoms with van der Waals surface area (Å²) < 4.78 is 14.6. The highest BCUT2D eigenvalue weighted by Gasteiger charge is 2.29. The molecule has 1 amide bonds. The van der Waals surface area contributed by atoms with E-state index in [0.29, 0.717) is 16.5 Å². The van der Waals surface area contributed by atoms with Crippen LogP contribution in [-0.2, 0) is 36.6 Å². The van der Waals surface area contributed by atoms with Crippen molar-refractivity contribution in [2.24, 2.45) is 5.92 Å². The number of methoxy groups -OCH3 is 1.